The molecule has 3 aromatic rings. The molecule has 102 valence electrons. The Morgan fingerprint density at radius 1 is 1.00 bits per heavy atom. The number of hydrogen-bond donors (Lipinski definition) is 0. The lowest BCUT2D eigenvalue weighted by Gasteiger charge is -2.21. The molecule has 1 aliphatic rings. The molecule has 4 nitrogen and oxygen atoms in total. The number of rotatable bonds is 1. The van der Waals surface area contributed by atoms with E-state index >= 15 is 0 Å². The molecule has 0 saturated heterocycles. The van der Waals surface area contributed by atoms with Gasteiger partial charge in [-0.25, -0.2) is 0 Å². The molecule has 0 radical (unpaired) electrons. The van der Waals surface area contributed by atoms with Crippen molar-refractivity contribution in [3.63, 3.8) is 0 Å². The molecular formula is C17H11NO3. The fourth-order valence-electron chi connectivity index (χ4n) is 2.82. The highest BCUT2D eigenvalue weighted by atomic mass is 16.6. The lowest BCUT2D eigenvalue weighted by molar-refractivity contribution is -0.384. The van der Waals surface area contributed by atoms with Crippen molar-refractivity contribution in [3.8, 4) is 11.5 Å². The average molecular weight is 277 g/mol. The van der Waals surface area contributed by atoms with Gasteiger partial charge in [0.15, 0.2) is 0 Å². The van der Waals surface area contributed by atoms with Crippen LogP contribution in [0.5, 0.6) is 11.5 Å². The zero-order chi connectivity index (χ0) is 14.4. The van der Waals surface area contributed by atoms with Crippen molar-refractivity contribution in [2.24, 2.45) is 0 Å². The van der Waals surface area contributed by atoms with Crippen LogP contribution in [0.15, 0.2) is 54.6 Å². The summed E-state index contributed by atoms with van der Waals surface area (Å²) in [5.74, 6) is 1.53. The number of non-ortho nitro benzene ring substituents is 1. The Hall–Kier alpha value is -2.88. The lowest BCUT2D eigenvalue weighted by atomic mass is 9.95. The van der Waals surface area contributed by atoms with E-state index < -0.39 is 0 Å². The second-order valence-corrected chi connectivity index (χ2v) is 5.09. The fraction of sp³-hybridized carbons (Fsp3) is 0.0588. The van der Waals surface area contributed by atoms with E-state index in [4.69, 9.17) is 4.74 Å². The number of benzene rings is 3. The minimum absolute atomic E-state index is 0.0982. The van der Waals surface area contributed by atoms with Crippen molar-refractivity contribution in [1.29, 1.82) is 0 Å². The van der Waals surface area contributed by atoms with Crippen molar-refractivity contribution in [2.45, 2.75) is 6.42 Å². The molecule has 0 aliphatic carbocycles. The zero-order valence-corrected chi connectivity index (χ0v) is 11.1. The molecule has 3 aromatic carbocycles. The number of nitrogens with zero attached hydrogens (tertiary/aromatic N) is 1. The van der Waals surface area contributed by atoms with Crippen LogP contribution in [0.2, 0.25) is 0 Å². The molecule has 0 bridgehead atoms. The number of nitro benzene ring substituents is 1. The predicted molar refractivity (Wildman–Crippen MR) is 79.9 cm³/mol. The van der Waals surface area contributed by atoms with Gasteiger partial charge >= 0.3 is 0 Å². The summed E-state index contributed by atoms with van der Waals surface area (Å²) in [5, 5.41) is 13.2. The Morgan fingerprint density at radius 3 is 2.67 bits per heavy atom. The minimum Gasteiger partial charge on any atom is -0.457 e. The summed E-state index contributed by atoms with van der Waals surface area (Å²) < 4.78 is 5.90. The van der Waals surface area contributed by atoms with Crippen molar-refractivity contribution in [2.75, 3.05) is 0 Å². The van der Waals surface area contributed by atoms with E-state index in [9.17, 15) is 10.1 Å². The Kier molecular flexibility index (Phi) is 2.44. The number of ether oxygens (including phenoxy) is 1. The quantitative estimate of drug-likeness (QED) is 0.381. The first-order valence-electron chi connectivity index (χ1n) is 6.68. The summed E-state index contributed by atoms with van der Waals surface area (Å²) in [6, 6.07) is 16.8. The molecule has 0 amide bonds. The van der Waals surface area contributed by atoms with Gasteiger partial charge in [-0.2, -0.15) is 0 Å². The van der Waals surface area contributed by atoms with Crippen LogP contribution in [0.25, 0.3) is 10.8 Å². The largest absolute Gasteiger partial charge is 0.457 e. The van der Waals surface area contributed by atoms with E-state index in [1.165, 1.54) is 6.07 Å². The monoisotopic (exact) mass is 277 g/mol. The smallest absolute Gasteiger partial charge is 0.269 e. The number of nitro groups is 1. The molecular weight excluding hydrogens is 266 g/mol. The predicted octanol–water partition coefficient (Wildman–Crippen LogP) is 4.44. The van der Waals surface area contributed by atoms with Gasteiger partial charge < -0.3 is 4.74 Å². The number of fused-ring (bicyclic) bond motifs is 4. The van der Waals surface area contributed by atoms with Gasteiger partial charge in [0.05, 0.1) is 4.92 Å². The van der Waals surface area contributed by atoms with E-state index in [0.29, 0.717) is 12.2 Å². The van der Waals surface area contributed by atoms with Gasteiger partial charge in [-0.3, -0.25) is 10.1 Å². The molecule has 0 fully saturated rings. The first-order chi connectivity index (χ1) is 10.2. The molecule has 4 rings (SSSR count). The third-order valence-electron chi connectivity index (χ3n) is 3.84. The molecule has 0 N–H and O–H groups in total. The molecule has 0 atom stereocenters. The third-order valence-corrected chi connectivity index (χ3v) is 3.84. The summed E-state index contributed by atoms with van der Waals surface area (Å²) in [5.41, 5.74) is 2.04. The summed E-state index contributed by atoms with van der Waals surface area (Å²) in [6.07, 6.45) is 0.647. The maximum absolute atomic E-state index is 10.9. The first-order valence-corrected chi connectivity index (χ1v) is 6.68. The van der Waals surface area contributed by atoms with Crippen molar-refractivity contribution in [1.82, 2.24) is 0 Å². The standard InChI is InChI=1S/C17H11NO3/c19-18(20)13-6-8-16-12(9-13)10-15-14-4-2-1-3-11(14)5-7-17(15)21-16/h1-9H,10H2. The van der Waals surface area contributed by atoms with E-state index in [-0.39, 0.29) is 10.6 Å². The second-order valence-electron chi connectivity index (χ2n) is 5.09. The Bertz CT molecular complexity index is 886. The van der Waals surface area contributed by atoms with Crippen LogP contribution in [-0.2, 0) is 6.42 Å². The SMILES string of the molecule is O=[N+]([O-])c1ccc2c(c1)Cc1c(ccc3ccccc13)O2. The molecule has 21 heavy (non-hydrogen) atoms. The van der Waals surface area contributed by atoms with Crippen molar-refractivity contribution in [3.05, 3.63) is 75.8 Å². The lowest BCUT2D eigenvalue weighted by Crippen LogP contribution is -2.04. The van der Waals surface area contributed by atoms with Crippen LogP contribution >= 0.6 is 0 Å². The third kappa shape index (κ3) is 1.84. The van der Waals surface area contributed by atoms with Crippen LogP contribution in [-0.4, -0.2) is 4.92 Å². The van der Waals surface area contributed by atoms with E-state index in [0.717, 1.165) is 27.6 Å². The normalized spacial score (nSPS) is 12.4. The molecule has 0 spiro atoms. The Labute approximate surface area is 120 Å². The molecule has 4 heteroatoms. The van der Waals surface area contributed by atoms with Gasteiger partial charge in [0.2, 0.25) is 0 Å². The minimum atomic E-state index is -0.376. The van der Waals surface area contributed by atoms with Gasteiger partial charge in [-0.1, -0.05) is 30.3 Å². The van der Waals surface area contributed by atoms with Gasteiger partial charge in [-0.15, -0.1) is 0 Å². The molecule has 1 aliphatic heterocycles. The molecule has 0 unspecified atom stereocenters. The van der Waals surface area contributed by atoms with E-state index in [1.54, 1.807) is 12.1 Å². The van der Waals surface area contributed by atoms with E-state index in [1.807, 2.05) is 24.3 Å². The molecule has 0 saturated carbocycles. The number of hydrogen-bond acceptors (Lipinski definition) is 3. The van der Waals surface area contributed by atoms with Crippen LogP contribution < -0.4 is 4.74 Å². The Morgan fingerprint density at radius 2 is 1.81 bits per heavy atom. The van der Waals surface area contributed by atoms with Crippen LogP contribution in [0.3, 0.4) is 0 Å². The highest BCUT2D eigenvalue weighted by molar-refractivity contribution is 5.88. The average Bonchev–Trinajstić information content (AvgIpc) is 2.52. The second kappa shape index (κ2) is 4.31. The van der Waals surface area contributed by atoms with Crippen LogP contribution in [0.1, 0.15) is 11.1 Å². The molecule has 1 heterocycles. The van der Waals surface area contributed by atoms with Gasteiger partial charge in [0.1, 0.15) is 11.5 Å². The topological polar surface area (TPSA) is 52.4 Å². The van der Waals surface area contributed by atoms with Gasteiger partial charge in [0.25, 0.3) is 5.69 Å². The highest BCUT2D eigenvalue weighted by Gasteiger charge is 2.21. The fourth-order valence-corrected chi connectivity index (χ4v) is 2.82. The summed E-state index contributed by atoms with van der Waals surface area (Å²) >= 11 is 0. The molecule has 0 aromatic heterocycles. The van der Waals surface area contributed by atoms with Crippen molar-refractivity contribution >= 4 is 16.5 Å². The zero-order valence-electron chi connectivity index (χ0n) is 11.1. The van der Waals surface area contributed by atoms with Crippen molar-refractivity contribution < 1.29 is 9.66 Å². The Balaban J connectivity index is 1.89. The maximum Gasteiger partial charge on any atom is 0.269 e. The summed E-state index contributed by atoms with van der Waals surface area (Å²) in [7, 11) is 0. The maximum atomic E-state index is 10.9. The van der Waals surface area contributed by atoms with Crippen LogP contribution in [0.4, 0.5) is 5.69 Å². The highest BCUT2D eigenvalue weighted by Crippen LogP contribution is 2.41. The van der Waals surface area contributed by atoms with Crippen LogP contribution in [0, 0.1) is 10.1 Å². The van der Waals surface area contributed by atoms with E-state index in [2.05, 4.69) is 12.1 Å². The summed E-state index contributed by atoms with van der Waals surface area (Å²) in [6.45, 7) is 0. The van der Waals surface area contributed by atoms with Gasteiger partial charge in [-0.05, 0) is 22.9 Å². The summed E-state index contributed by atoms with van der Waals surface area (Å²) in [4.78, 5) is 10.5. The first kappa shape index (κ1) is 11.9. The van der Waals surface area contributed by atoms with Gasteiger partial charge in [0, 0.05) is 29.7 Å².